The Balaban J connectivity index is 1.54. The smallest absolute Gasteiger partial charge is 0.250 e. The Morgan fingerprint density at radius 1 is 1.09 bits per heavy atom. The van der Waals surface area contributed by atoms with Crippen LogP contribution in [0.3, 0.4) is 0 Å². The van der Waals surface area contributed by atoms with Crippen LogP contribution in [0.1, 0.15) is 18.1 Å². The van der Waals surface area contributed by atoms with Gasteiger partial charge in [0.25, 0.3) is 5.91 Å². The standard InChI is InChI=1S/C24H21ClN6OS/c1-16-5-11-21(12-6-16)31-23(18-7-9-20(25)10-8-18)29-30-24(31)33-15-22(32)28-27-17(2)19-4-3-13-26-14-19/h3-14H,15H2,1-2H3,(H,28,32). The Morgan fingerprint density at radius 3 is 2.55 bits per heavy atom. The van der Waals surface area contributed by atoms with Gasteiger partial charge >= 0.3 is 0 Å². The molecule has 0 fully saturated rings. The van der Waals surface area contributed by atoms with Crippen LogP contribution in [0.5, 0.6) is 0 Å². The number of halogens is 1. The van der Waals surface area contributed by atoms with Gasteiger partial charge < -0.3 is 0 Å². The Kier molecular flexibility index (Phi) is 7.16. The minimum atomic E-state index is -0.241. The first kappa shape index (κ1) is 22.7. The van der Waals surface area contributed by atoms with Gasteiger partial charge in [-0.1, -0.05) is 47.1 Å². The summed E-state index contributed by atoms with van der Waals surface area (Å²) >= 11 is 7.34. The number of aromatic nitrogens is 4. The first-order chi connectivity index (χ1) is 16.0. The van der Waals surface area contributed by atoms with Crippen LogP contribution in [0, 0.1) is 6.92 Å². The van der Waals surface area contributed by atoms with Gasteiger partial charge in [-0.25, -0.2) is 5.43 Å². The van der Waals surface area contributed by atoms with E-state index in [2.05, 4.69) is 25.7 Å². The molecule has 1 N–H and O–H groups in total. The molecule has 0 bridgehead atoms. The first-order valence-corrected chi connectivity index (χ1v) is 11.5. The average Bonchev–Trinajstić information content (AvgIpc) is 3.26. The zero-order valence-electron chi connectivity index (χ0n) is 18.1. The topological polar surface area (TPSA) is 85.1 Å². The second-order valence-corrected chi connectivity index (χ2v) is 8.63. The molecule has 2 aromatic carbocycles. The summed E-state index contributed by atoms with van der Waals surface area (Å²) in [4.78, 5) is 16.5. The largest absolute Gasteiger partial charge is 0.272 e. The van der Waals surface area contributed by atoms with Crippen molar-refractivity contribution < 1.29 is 4.79 Å². The van der Waals surface area contributed by atoms with Crippen molar-refractivity contribution >= 4 is 35.0 Å². The Bertz CT molecular complexity index is 1270. The van der Waals surface area contributed by atoms with Gasteiger partial charge in [-0.15, -0.1) is 10.2 Å². The number of pyridine rings is 1. The summed E-state index contributed by atoms with van der Waals surface area (Å²) in [6, 6.07) is 19.2. The number of nitrogens with one attached hydrogen (secondary N) is 1. The number of hydrazone groups is 1. The Labute approximate surface area is 200 Å². The number of carbonyl (C=O) groups is 1. The Morgan fingerprint density at radius 2 is 1.85 bits per heavy atom. The highest BCUT2D eigenvalue weighted by molar-refractivity contribution is 7.99. The zero-order chi connectivity index (χ0) is 23.2. The lowest BCUT2D eigenvalue weighted by Crippen LogP contribution is -2.21. The number of benzene rings is 2. The van der Waals surface area contributed by atoms with Gasteiger partial charge in [0.1, 0.15) is 0 Å². The molecule has 33 heavy (non-hydrogen) atoms. The summed E-state index contributed by atoms with van der Waals surface area (Å²) in [5, 5.41) is 14.2. The van der Waals surface area contributed by atoms with Crippen molar-refractivity contribution in [1.82, 2.24) is 25.2 Å². The van der Waals surface area contributed by atoms with Crippen molar-refractivity contribution in [3.8, 4) is 17.1 Å². The zero-order valence-corrected chi connectivity index (χ0v) is 19.6. The molecule has 0 radical (unpaired) electrons. The monoisotopic (exact) mass is 476 g/mol. The second-order valence-electron chi connectivity index (χ2n) is 7.25. The number of thioether (sulfide) groups is 1. The van der Waals surface area contributed by atoms with Crippen LogP contribution >= 0.6 is 23.4 Å². The third kappa shape index (κ3) is 5.66. The minimum Gasteiger partial charge on any atom is -0.272 e. The lowest BCUT2D eigenvalue weighted by Gasteiger charge is -2.11. The summed E-state index contributed by atoms with van der Waals surface area (Å²) in [7, 11) is 0. The van der Waals surface area contributed by atoms with Crippen LogP contribution in [0.2, 0.25) is 5.02 Å². The maximum absolute atomic E-state index is 12.4. The molecule has 0 aliphatic carbocycles. The van der Waals surface area contributed by atoms with E-state index in [1.165, 1.54) is 11.8 Å². The predicted molar refractivity (Wildman–Crippen MR) is 132 cm³/mol. The highest BCUT2D eigenvalue weighted by Gasteiger charge is 2.17. The molecule has 2 aromatic heterocycles. The van der Waals surface area contributed by atoms with Crippen molar-refractivity contribution in [2.24, 2.45) is 5.10 Å². The molecule has 166 valence electrons. The molecular formula is C24H21ClN6OS. The molecule has 0 aliphatic heterocycles. The van der Waals surface area contributed by atoms with Gasteiger partial charge in [-0.3, -0.25) is 14.3 Å². The molecule has 0 spiro atoms. The fourth-order valence-electron chi connectivity index (χ4n) is 3.03. The molecule has 1 amide bonds. The molecule has 4 aromatic rings. The summed E-state index contributed by atoms with van der Waals surface area (Å²) < 4.78 is 1.94. The van der Waals surface area contributed by atoms with Gasteiger partial charge in [-0.2, -0.15) is 5.10 Å². The van der Waals surface area contributed by atoms with Gasteiger partial charge in [0, 0.05) is 34.2 Å². The van der Waals surface area contributed by atoms with Crippen LogP contribution in [0.25, 0.3) is 17.1 Å². The van der Waals surface area contributed by atoms with E-state index < -0.39 is 0 Å². The van der Waals surface area contributed by atoms with Crippen molar-refractivity contribution in [2.75, 3.05) is 5.75 Å². The SMILES string of the molecule is CC(=NNC(=O)CSc1nnc(-c2ccc(Cl)cc2)n1-c1ccc(C)cc1)c1cccnc1. The summed E-state index contributed by atoms with van der Waals surface area (Å²) in [6.07, 6.45) is 3.39. The number of nitrogens with zero attached hydrogens (tertiary/aromatic N) is 5. The molecule has 0 atom stereocenters. The van der Waals surface area contributed by atoms with E-state index in [4.69, 9.17) is 11.6 Å². The van der Waals surface area contributed by atoms with E-state index in [0.29, 0.717) is 21.7 Å². The molecule has 9 heteroatoms. The quantitative estimate of drug-likeness (QED) is 0.232. The summed E-state index contributed by atoms with van der Waals surface area (Å²) in [5.74, 6) is 0.563. The molecule has 0 saturated carbocycles. The number of carbonyl (C=O) groups excluding carboxylic acids is 1. The minimum absolute atomic E-state index is 0.133. The highest BCUT2D eigenvalue weighted by atomic mass is 35.5. The van der Waals surface area contributed by atoms with Crippen molar-refractivity contribution in [3.05, 3.63) is 89.2 Å². The van der Waals surface area contributed by atoms with Crippen molar-refractivity contribution in [2.45, 2.75) is 19.0 Å². The van der Waals surface area contributed by atoms with E-state index in [1.807, 2.05) is 79.1 Å². The van der Waals surface area contributed by atoms with Crippen LogP contribution in [0.15, 0.2) is 83.3 Å². The lowest BCUT2D eigenvalue weighted by atomic mass is 10.2. The number of hydrogen-bond acceptors (Lipinski definition) is 6. The third-order valence-corrected chi connectivity index (χ3v) is 5.97. The number of amides is 1. The molecule has 7 nitrogen and oxygen atoms in total. The average molecular weight is 477 g/mol. The van der Waals surface area contributed by atoms with Crippen molar-refractivity contribution in [3.63, 3.8) is 0 Å². The third-order valence-electron chi connectivity index (χ3n) is 4.79. The number of rotatable bonds is 7. The summed E-state index contributed by atoms with van der Waals surface area (Å²) in [5.41, 5.74) is 7.04. The van der Waals surface area contributed by atoms with Gasteiger partial charge in [0.05, 0.1) is 11.5 Å². The predicted octanol–water partition coefficient (Wildman–Crippen LogP) is 4.92. The van der Waals surface area contributed by atoms with Gasteiger partial charge in [0.15, 0.2) is 11.0 Å². The molecular weight excluding hydrogens is 456 g/mol. The lowest BCUT2D eigenvalue weighted by molar-refractivity contribution is -0.118. The maximum atomic E-state index is 12.4. The number of aryl methyl sites for hydroxylation is 1. The van der Waals surface area contributed by atoms with E-state index in [1.54, 1.807) is 12.4 Å². The Hall–Kier alpha value is -3.49. The maximum Gasteiger partial charge on any atom is 0.250 e. The molecule has 4 rings (SSSR count). The van der Waals surface area contributed by atoms with Crippen molar-refractivity contribution in [1.29, 1.82) is 0 Å². The first-order valence-electron chi connectivity index (χ1n) is 10.2. The normalized spacial score (nSPS) is 11.4. The molecule has 0 aliphatic rings. The van der Waals surface area contributed by atoms with E-state index in [9.17, 15) is 4.79 Å². The van der Waals surface area contributed by atoms with Gasteiger partial charge in [-0.05, 0) is 56.3 Å². The fourth-order valence-corrected chi connectivity index (χ4v) is 3.90. The van der Waals surface area contributed by atoms with E-state index in [0.717, 1.165) is 22.4 Å². The molecule has 0 saturated heterocycles. The van der Waals surface area contributed by atoms with E-state index in [-0.39, 0.29) is 11.7 Å². The van der Waals surface area contributed by atoms with Crippen LogP contribution in [0.4, 0.5) is 0 Å². The van der Waals surface area contributed by atoms with Crippen LogP contribution in [-0.4, -0.2) is 37.1 Å². The number of hydrogen-bond donors (Lipinski definition) is 1. The second kappa shape index (κ2) is 10.4. The molecule has 2 heterocycles. The highest BCUT2D eigenvalue weighted by Crippen LogP contribution is 2.28. The van der Waals surface area contributed by atoms with Crippen LogP contribution < -0.4 is 5.43 Å². The van der Waals surface area contributed by atoms with Crippen LogP contribution in [-0.2, 0) is 4.79 Å². The van der Waals surface area contributed by atoms with Gasteiger partial charge in [0.2, 0.25) is 0 Å². The molecule has 0 unspecified atom stereocenters. The fraction of sp³-hybridized carbons (Fsp3) is 0.125. The summed E-state index contributed by atoms with van der Waals surface area (Å²) in [6.45, 7) is 3.85. The van der Waals surface area contributed by atoms with E-state index >= 15 is 0 Å².